The van der Waals surface area contributed by atoms with Crippen LogP contribution in [0.4, 0.5) is 0 Å². The molecule has 66 valence electrons. The maximum atomic E-state index is 2.25. The van der Waals surface area contributed by atoms with Gasteiger partial charge in [0.2, 0.25) is 0 Å². The lowest BCUT2D eigenvalue weighted by atomic mass is 10.5. The van der Waals surface area contributed by atoms with E-state index in [1.165, 1.54) is 5.75 Å². The van der Waals surface area contributed by atoms with Gasteiger partial charge in [-0.3, -0.25) is 0 Å². The quantitative estimate of drug-likeness (QED) is 0.525. The van der Waals surface area contributed by atoms with Gasteiger partial charge in [0.25, 0.3) is 0 Å². The van der Waals surface area contributed by atoms with E-state index in [0.717, 1.165) is 0 Å². The molecule has 0 amide bonds. The van der Waals surface area contributed by atoms with E-state index in [0.29, 0.717) is 10.5 Å². The summed E-state index contributed by atoms with van der Waals surface area (Å²) in [6.45, 7) is 2.21. The van der Waals surface area contributed by atoms with Crippen molar-refractivity contribution < 1.29 is 24.0 Å². The smallest absolute Gasteiger partial charge is 0.137 e. The van der Waals surface area contributed by atoms with E-state index in [1.54, 1.807) is 0 Å². The normalized spacial score (nSPS) is 8.08. The molecule has 1 aromatic rings. The molecular formula is C10H13IS. The second kappa shape index (κ2) is 7.55. The molecule has 0 aromatic carbocycles. The Morgan fingerprint density at radius 2 is 1.25 bits per heavy atom. The zero-order valence-electron chi connectivity index (χ0n) is 7.11. The Morgan fingerprint density at radius 3 is 1.67 bits per heavy atom. The number of hydrogen-bond acceptors (Lipinski definition) is 0. The van der Waals surface area contributed by atoms with Gasteiger partial charge in [-0.2, -0.15) is 0 Å². The summed E-state index contributed by atoms with van der Waals surface area (Å²) in [5.74, 6) is 1.20. The standard InChI is InChI=1S/C10H13S.HI/c1-2-11-9-7-5-3-4-6-8-10-11;/h3-10H,2H2,1H3;1H/q+1;/p-1. The average Bonchev–Trinajstić information content (AvgIpc) is 2.16. The third-order valence-corrected chi connectivity index (χ3v) is 3.08. The van der Waals surface area contributed by atoms with Crippen LogP contribution in [-0.2, 0) is 5.75 Å². The fourth-order valence-electron chi connectivity index (χ4n) is 0.787. The highest BCUT2D eigenvalue weighted by Gasteiger charge is 1.87. The molecule has 12 heavy (non-hydrogen) atoms. The van der Waals surface area contributed by atoms with Crippen molar-refractivity contribution in [1.29, 1.82) is 0 Å². The highest BCUT2D eigenvalue weighted by molar-refractivity contribution is 7.27. The van der Waals surface area contributed by atoms with Crippen LogP contribution < -0.4 is 24.0 Å². The molecule has 0 spiro atoms. The molecule has 1 aromatic heterocycles. The topological polar surface area (TPSA) is 0 Å². The van der Waals surface area contributed by atoms with Crippen LogP contribution in [0.5, 0.6) is 0 Å². The van der Waals surface area contributed by atoms with Gasteiger partial charge in [-0.05, 0) is 29.5 Å². The summed E-state index contributed by atoms with van der Waals surface area (Å²) in [6, 6.07) is 12.5. The fourth-order valence-corrected chi connectivity index (χ4v) is 1.85. The molecular weight excluding hydrogens is 279 g/mol. The monoisotopic (exact) mass is 292 g/mol. The average molecular weight is 292 g/mol. The van der Waals surface area contributed by atoms with Crippen LogP contribution in [0.25, 0.3) is 0 Å². The van der Waals surface area contributed by atoms with Crippen molar-refractivity contribution in [1.82, 2.24) is 0 Å². The third kappa shape index (κ3) is 4.72. The summed E-state index contributed by atoms with van der Waals surface area (Å²) < 4.78 is 0. The molecule has 0 saturated heterocycles. The summed E-state index contributed by atoms with van der Waals surface area (Å²) in [4.78, 5) is 0. The molecule has 0 atom stereocenters. The molecule has 0 aliphatic carbocycles. The molecule has 0 N–H and O–H groups in total. The van der Waals surface area contributed by atoms with Gasteiger partial charge < -0.3 is 24.0 Å². The van der Waals surface area contributed by atoms with E-state index in [1.807, 2.05) is 12.1 Å². The molecule has 0 saturated carbocycles. The molecule has 1 rings (SSSR count). The summed E-state index contributed by atoms with van der Waals surface area (Å²) in [5, 5.41) is 4.50. The van der Waals surface area contributed by atoms with Gasteiger partial charge in [0, 0.05) is 0 Å². The van der Waals surface area contributed by atoms with E-state index < -0.39 is 0 Å². The van der Waals surface area contributed by atoms with Gasteiger partial charge in [-0.15, -0.1) is 0 Å². The minimum Gasteiger partial charge on any atom is -1.00 e. The summed E-state index contributed by atoms with van der Waals surface area (Å²) in [5.41, 5.74) is 0. The Hall–Kier alpha value is -0.0900. The summed E-state index contributed by atoms with van der Waals surface area (Å²) in [7, 11) is 0.345. The minimum absolute atomic E-state index is 0. The maximum absolute atomic E-state index is 2.25. The molecule has 0 nitrogen and oxygen atoms in total. The van der Waals surface area contributed by atoms with E-state index in [9.17, 15) is 0 Å². The van der Waals surface area contributed by atoms with Gasteiger partial charge in [0.1, 0.15) is 16.5 Å². The van der Waals surface area contributed by atoms with Gasteiger partial charge in [0.15, 0.2) is 0 Å². The zero-order chi connectivity index (χ0) is 7.94. The van der Waals surface area contributed by atoms with Crippen molar-refractivity contribution >= 4 is 10.5 Å². The Balaban J connectivity index is 0.00000121. The molecule has 0 radical (unpaired) electrons. The Kier molecular flexibility index (Phi) is 7.50. The summed E-state index contributed by atoms with van der Waals surface area (Å²) in [6.07, 6.45) is 0. The molecule has 0 unspecified atom stereocenters. The first kappa shape index (κ1) is 11.9. The number of rotatable bonds is 1. The van der Waals surface area contributed by atoms with Crippen LogP contribution in [-0.4, -0.2) is 0 Å². The lowest BCUT2D eigenvalue weighted by Gasteiger charge is -1.76. The highest BCUT2D eigenvalue weighted by atomic mass is 127. The van der Waals surface area contributed by atoms with Crippen LogP contribution in [0.15, 0.2) is 47.2 Å². The van der Waals surface area contributed by atoms with Crippen molar-refractivity contribution in [3.63, 3.8) is 0 Å². The molecule has 0 aliphatic rings. The first-order valence-electron chi connectivity index (χ1n) is 3.80. The zero-order valence-corrected chi connectivity index (χ0v) is 10.1. The number of halogens is 1. The minimum atomic E-state index is 0. The second-order valence-corrected chi connectivity index (χ2v) is 4.25. The van der Waals surface area contributed by atoms with Gasteiger partial charge in [-0.25, -0.2) is 0 Å². The first-order chi connectivity index (χ1) is 5.43. The number of hydrogen-bond donors (Lipinski definition) is 0. The second-order valence-electron chi connectivity index (χ2n) is 2.18. The van der Waals surface area contributed by atoms with Crippen LogP contribution in [0, 0.1) is 0 Å². The lowest BCUT2D eigenvalue weighted by molar-refractivity contribution is -0.00000227. The van der Waals surface area contributed by atoms with Crippen LogP contribution in [0.1, 0.15) is 6.92 Å². The van der Waals surface area contributed by atoms with Gasteiger partial charge in [0.05, 0.1) is 0 Å². The van der Waals surface area contributed by atoms with Crippen molar-refractivity contribution in [2.24, 2.45) is 0 Å². The van der Waals surface area contributed by atoms with Crippen LogP contribution >= 0.6 is 10.5 Å². The van der Waals surface area contributed by atoms with Crippen LogP contribution in [0.3, 0.4) is 0 Å². The highest BCUT2D eigenvalue weighted by Crippen LogP contribution is 2.12. The Labute approximate surface area is 94.0 Å². The summed E-state index contributed by atoms with van der Waals surface area (Å²) >= 11 is 0. The van der Waals surface area contributed by atoms with E-state index in [-0.39, 0.29) is 24.0 Å². The molecule has 2 heteroatoms. The van der Waals surface area contributed by atoms with Gasteiger partial charge >= 0.3 is 0 Å². The molecule has 0 fully saturated rings. The molecule has 0 bridgehead atoms. The van der Waals surface area contributed by atoms with Crippen molar-refractivity contribution in [3.05, 3.63) is 47.2 Å². The number of aryl methyl sites for hydroxylation is 1. The predicted molar refractivity (Wildman–Crippen MR) is 52.2 cm³/mol. The predicted octanol–water partition coefficient (Wildman–Crippen LogP) is 0.584. The van der Waals surface area contributed by atoms with E-state index >= 15 is 0 Å². The van der Waals surface area contributed by atoms with Gasteiger partial charge in [-0.1, -0.05) is 24.3 Å². The van der Waals surface area contributed by atoms with E-state index in [4.69, 9.17) is 0 Å². The van der Waals surface area contributed by atoms with Crippen molar-refractivity contribution in [2.45, 2.75) is 12.7 Å². The Morgan fingerprint density at radius 1 is 0.833 bits per heavy atom. The fraction of sp³-hybridized carbons (Fsp3) is 0.200. The molecule has 0 aliphatic heterocycles. The first-order valence-corrected chi connectivity index (χ1v) is 5.32. The van der Waals surface area contributed by atoms with Crippen molar-refractivity contribution in [3.8, 4) is 0 Å². The molecule has 1 heterocycles. The largest absolute Gasteiger partial charge is 1.00 e. The van der Waals surface area contributed by atoms with E-state index in [2.05, 4.69) is 41.9 Å². The Bertz CT molecular complexity index is 230. The maximum Gasteiger partial charge on any atom is 0.137 e. The SMILES string of the molecule is CC[s+]1cccccccc1.[I-]. The lowest BCUT2D eigenvalue weighted by Crippen LogP contribution is -3.00. The van der Waals surface area contributed by atoms with Crippen LogP contribution in [0.2, 0.25) is 0 Å². The third-order valence-electron chi connectivity index (χ3n) is 1.40. The van der Waals surface area contributed by atoms with Crippen molar-refractivity contribution in [2.75, 3.05) is 0 Å².